The molecule has 6 heteroatoms. The standard InChI is InChI=1S/C16H15N3O3/c1-2-22-14-8-7-11-5-3-4-6-12(11)13(14)9-17-19-10-15(20)18-16(19)21/h3-9H,2,10H2,1H3,(H,18,20,21)/b17-9-. The summed E-state index contributed by atoms with van der Waals surface area (Å²) in [6.07, 6.45) is 1.56. The van der Waals surface area contributed by atoms with E-state index >= 15 is 0 Å². The molecule has 0 aliphatic carbocycles. The number of hydrazone groups is 1. The van der Waals surface area contributed by atoms with E-state index in [0.717, 1.165) is 21.3 Å². The minimum atomic E-state index is -0.514. The molecule has 6 nitrogen and oxygen atoms in total. The Labute approximate surface area is 127 Å². The van der Waals surface area contributed by atoms with E-state index in [1.54, 1.807) is 6.21 Å². The first-order chi connectivity index (χ1) is 10.7. The maximum Gasteiger partial charge on any atom is 0.344 e. The molecule has 0 saturated carbocycles. The van der Waals surface area contributed by atoms with Crippen LogP contribution in [0, 0.1) is 0 Å². The first kappa shape index (κ1) is 14.1. The fourth-order valence-corrected chi connectivity index (χ4v) is 2.34. The molecule has 22 heavy (non-hydrogen) atoms. The van der Waals surface area contributed by atoms with Crippen LogP contribution in [-0.4, -0.2) is 36.3 Å². The van der Waals surface area contributed by atoms with Crippen molar-refractivity contribution >= 4 is 28.9 Å². The zero-order valence-electron chi connectivity index (χ0n) is 12.1. The summed E-state index contributed by atoms with van der Waals surface area (Å²) in [5, 5.41) is 9.42. The molecule has 1 fully saturated rings. The van der Waals surface area contributed by atoms with Gasteiger partial charge in [0.2, 0.25) is 5.91 Å². The van der Waals surface area contributed by atoms with Gasteiger partial charge in [-0.05, 0) is 23.8 Å². The Kier molecular flexibility index (Phi) is 3.74. The molecule has 1 N–H and O–H groups in total. The van der Waals surface area contributed by atoms with Crippen molar-refractivity contribution in [1.29, 1.82) is 0 Å². The smallest absolute Gasteiger partial charge is 0.344 e. The average Bonchev–Trinajstić information content (AvgIpc) is 2.84. The Bertz CT molecular complexity index is 770. The second kappa shape index (κ2) is 5.85. The molecule has 112 valence electrons. The minimum absolute atomic E-state index is 0.0654. The number of amides is 3. The van der Waals surface area contributed by atoms with Gasteiger partial charge in [0, 0.05) is 5.56 Å². The summed E-state index contributed by atoms with van der Waals surface area (Å²) >= 11 is 0. The van der Waals surface area contributed by atoms with Crippen molar-refractivity contribution in [2.45, 2.75) is 6.92 Å². The average molecular weight is 297 g/mol. The number of fused-ring (bicyclic) bond motifs is 1. The van der Waals surface area contributed by atoms with Gasteiger partial charge in [-0.15, -0.1) is 0 Å². The molecular weight excluding hydrogens is 282 g/mol. The molecular formula is C16H15N3O3. The first-order valence-corrected chi connectivity index (χ1v) is 6.99. The number of ether oxygens (including phenoxy) is 1. The summed E-state index contributed by atoms with van der Waals surface area (Å²) in [7, 11) is 0. The maximum absolute atomic E-state index is 11.5. The summed E-state index contributed by atoms with van der Waals surface area (Å²) in [6.45, 7) is 2.37. The zero-order valence-corrected chi connectivity index (χ0v) is 12.1. The van der Waals surface area contributed by atoms with Crippen LogP contribution in [0.5, 0.6) is 5.75 Å². The van der Waals surface area contributed by atoms with E-state index in [2.05, 4.69) is 10.4 Å². The van der Waals surface area contributed by atoms with E-state index < -0.39 is 6.03 Å². The van der Waals surface area contributed by atoms with Gasteiger partial charge >= 0.3 is 6.03 Å². The number of imide groups is 1. The molecule has 0 radical (unpaired) electrons. The molecule has 0 atom stereocenters. The van der Waals surface area contributed by atoms with Crippen molar-refractivity contribution in [2.24, 2.45) is 5.10 Å². The van der Waals surface area contributed by atoms with Gasteiger partial charge in [-0.2, -0.15) is 5.10 Å². The summed E-state index contributed by atoms with van der Waals surface area (Å²) < 4.78 is 5.63. The number of urea groups is 1. The summed E-state index contributed by atoms with van der Waals surface area (Å²) in [6, 6.07) is 11.2. The highest BCUT2D eigenvalue weighted by atomic mass is 16.5. The Morgan fingerprint density at radius 2 is 2.09 bits per heavy atom. The van der Waals surface area contributed by atoms with Gasteiger partial charge in [0.1, 0.15) is 12.3 Å². The van der Waals surface area contributed by atoms with Crippen molar-refractivity contribution in [3.63, 3.8) is 0 Å². The SMILES string of the molecule is CCOc1ccc2ccccc2c1/C=N\N1CC(=O)NC1=O. The Morgan fingerprint density at radius 1 is 1.27 bits per heavy atom. The van der Waals surface area contributed by atoms with Crippen molar-refractivity contribution in [2.75, 3.05) is 13.2 Å². The van der Waals surface area contributed by atoms with Crippen LogP contribution in [0.3, 0.4) is 0 Å². The first-order valence-electron chi connectivity index (χ1n) is 6.99. The van der Waals surface area contributed by atoms with E-state index in [1.807, 2.05) is 43.3 Å². The quantitative estimate of drug-likeness (QED) is 0.694. The minimum Gasteiger partial charge on any atom is -0.493 e. The van der Waals surface area contributed by atoms with E-state index in [-0.39, 0.29) is 12.5 Å². The number of carbonyl (C=O) groups is 2. The van der Waals surface area contributed by atoms with Crippen LogP contribution < -0.4 is 10.1 Å². The molecule has 0 aromatic heterocycles. The van der Waals surface area contributed by atoms with Crippen LogP contribution in [0.1, 0.15) is 12.5 Å². The molecule has 0 spiro atoms. The maximum atomic E-state index is 11.5. The fraction of sp³-hybridized carbons (Fsp3) is 0.188. The lowest BCUT2D eigenvalue weighted by Gasteiger charge is -2.11. The molecule has 2 aromatic carbocycles. The number of nitrogens with zero attached hydrogens (tertiary/aromatic N) is 2. The molecule has 0 bridgehead atoms. The van der Waals surface area contributed by atoms with E-state index in [9.17, 15) is 9.59 Å². The largest absolute Gasteiger partial charge is 0.493 e. The molecule has 1 aliphatic heterocycles. The summed E-state index contributed by atoms with van der Waals surface area (Å²) in [5.74, 6) is 0.334. The van der Waals surface area contributed by atoms with Gasteiger partial charge in [0.25, 0.3) is 0 Å². The Balaban J connectivity index is 2.02. The molecule has 1 aliphatic rings. The monoisotopic (exact) mass is 297 g/mol. The number of benzene rings is 2. The van der Waals surface area contributed by atoms with Crippen LogP contribution in [0.2, 0.25) is 0 Å². The van der Waals surface area contributed by atoms with Crippen LogP contribution in [-0.2, 0) is 4.79 Å². The lowest BCUT2D eigenvalue weighted by molar-refractivity contribution is -0.118. The van der Waals surface area contributed by atoms with E-state index in [4.69, 9.17) is 4.74 Å². The number of rotatable bonds is 4. The van der Waals surface area contributed by atoms with Gasteiger partial charge in [0.15, 0.2) is 0 Å². The molecule has 3 amide bonds. The molecule has 3 rings (SSSR count). The third-order valence-corrected chi connectivity index (χ3v) is 3.33. The van der Waals surface area contributed by atoms with Crippen LogP contribution in [0.15, 0.2) is 41.5 Å². The topological polar surface area (TPSA) is 71.0 Å². The fourth-order valence-electron chi connectivity index (χ4n) is 2.34. The molecule has 1 heterocycles. The number of hydrogen-bond donors (Lipinski definition) is 1. The second-order valence-electron chi connectivity index (χ2n) is 4.79. The van der Waals surface area contributed by atoms with Crippen molar-refractivity contribution in [3.05, 3.63) is 42.0 Å². The van der Waals surface area contributed by atoms with Crippen LogP contribution in [0.4, 0.5) is 4.79 Å². The number of carbonyl (C=O) groups excluding carboxylic acids is 2. The predicted molar refractivity (Wildman–Crippen MR) is 83.0 cm³/mol. The van der Waals surface area contributed by atoms with E-state index in [0.29, 0.717) is 12.4 Å². The normalized spacial score (nSPS) is 14.9. The van der Waals surface area contributed by atoms with Crippen molar-refractivity contribution in [3.8, 4) is 5.75 Å². The highest BCUT2D eigenvalue weighted by molar-refractivity contribution is 6.04. The Hall–Kier alpha value is -2.89. The second-order valence-corrected chi connectivity index (χ2v) is 4.79. The number of hydrogen-bond acceptors (Lipinski definition) is 4. The third kappa shape index (κ3) is 2.63. The summed E-state index contributed by atoms with van der Waals surface area (Å²) in [4.78, 5) is 22.7. The predicted octanol–water partition coefficient (Wildman–Crippen LogP) is 2.12. The lowest BCUT2D eigenvalue weighted by atomic mass is 10.0. The van der Waals surface area contributed by atoms with Gasteiger partial charge in [-0.3, -0.25) is 10.1 Å². The lowest BCUT2D eigenvalue weighted by Crippen LogP contribution is -2.24. The highest BCUT2D eigenvalue weighted by Crippen LogP contribution is 2.26. The number of nitrogens with one attached hydrogen (secondary N) is 1. The van der Waals surface area contributed by atoms with Gasteiger partial charge in [-0.1, -0.05) is 30.3 Å². The van der Waals surface area contributed by atoms with E-state index in [1.165, 1.54) is 0 Å². The highest BCUT2D eigenvalue weighted by Gasteiger charge is 2.26. The van der Waals surface area contributed by atoms with Gasteiger partial charge < -0.3 is 4.74 Å². The van der Waals surface area contributed by atoms with Gasteiger partial charge in [0.05, 0.1) is 12.8 Å². The molecule has 0 unspecified atom stereocenters. The molecule has 1 saturated heterocycles. The van der Waals surface area contributed by atoms with Crippen molar-refractivity contribution < 1.29 is 14.3 Å². The van der Waals surface area contributed by atoms with Crippen molar-refractivity contribution in [1.82, 2.24) is 10.3 Å². The zero-order chi connectivity index (χ0) is 15.5. The molecule has 2 aromatic rings. The summed E-state index contributed by atoms with van der Waals surface area (Å²) in [5.41, 5.74) is 0.784. The van der Waals surface area contributed by atoms with Crippen LogP contribution >= 0.6 is 0 Å². The Morgan fingerprint density at radius 3 is 2.82 bits per heavy atom. The third-order valence-electron chi connectivity index (χ3n) is 3.33. The van der Waals surface area contributed by atoms with Gasteiger partial charge in [-0.25, -0.2) is 9.80 Å². The van der Waals surface area contributed by atoms with Crippen LogP contribution in [0.25, 0.3) is 10.8 Å².